The summed E-state index contributed by atoms with van der Waals surface area (Å²) in [7, 11) is 0. The number of rotatable bonds is 3. The van der Waals surface area contributed by atoms with Crippen LogP contribution in [-0.4, -0.2) is 12.1 Å². The van der Waals surface area contributed by atoms with Crippen LogP contribution in [-0.2, 0) is 0 Å². The summed E-state index contributed by atoms with van der Waals surface area (Å²) >= 11 is 0. The van der Waals surface area contributed by atoms with Crippen LogP contribution in [0.3, 0.4) is 0 Å². The average molecular weight is 193 g/mol. The van der Waals surface area contributed by atoms with Gasteiger partial charge in [0.2, 0.25) is 0 Å². The van der Waals surface area contributed by atoms with Gasteiger partial charge in [-0.25, -0.2) is 0 Å². The third kappa shape index (κ3) is 3.03. The van der Waals surface area contributed by atoms with Crippen LogP contribution >= 0.6 is 0 Å². The molecule has 1 aliphatic carbocycles. The van der Waals surface area contributed by atoms with Gasteiger partial charge in [0, 0.05) is 18.5 Å². The molecular weight excluding hydrogens is 170 g/mol. The Morgan fingerprint density at radius 3 is 2.86 bits per heavy atom. The Morgan fingerprint density at radius 2 is 2.21 bits per heavy atom. The summed E-state index contributed by atoms with van der Waals surface area (Å²) in [4.78, 5) is 0. The van der Waals surface area contributed by atoms with Crippen molar-refractivity contribution in [2.24, 2.45) is 5.92 Å². The minimum absolute atomic E-state index is 0.369. The first-order valence-corrected chi connectivity index (χ1v) is 5.83. The van der Waals surface area contributed by atoms with Gasteiger partial charge < -0.3 is 5.32 Å². The lowest BCUT2D eigenvalue weighted by molar-refractivity contribution is 0.176. The van der Waals surface area contributed by atoms with Crippen molar-refractivity contribution in [2.45, 2.75) is 58.4 Å². The van der Waals surface area contributed by atoms with E-state index in [2.05, 4.69) is 31.0 Å². The molecule has 0 aromatic heterocycles. The molecule has 1 nitrogen and oxygen atoms in total. The zero-order valence-electron chi connectivity index (χ0n) is 9.82. The van der Waals surface area contributed by atoms with E-state index in [1.54, 1.807) is 0 Å². The van der Waals surface area contributed by atoms with E-state index in [0.29, 0.717) is 5.54 Å². The van der Waals surface area contributed by atoms with Gasteiger partial charge in [-0.3, -0.25) is 0 Å². The van der Waals surface area contributed by atoms with E-state index in [9.17, 15) is 0 Å². The smallest absolute Gasteiger partial charge is 0.0214 e. The van der Waals surface area contributed by atoms with Gasteiger partial charge in [-0.1, -0.05) is 19.8 Å². The molecule has 1 aliphatic rings. The maximum Gasteiger partial charge on any atom is 0.0214 e. The molecule has 0 heterocycles. The van der Waals surface area contributed by atoms with Crippen molar-refractivity contribution >= 4 is 0 Å². The van der Waals surface area contributed by atoms with Crippen LogP contribution in [0.2, 0.25) is 0 Å². The van der Waals surface area contributed by atoms with E-state index < -0.39 is 0 Å². The third-order valence-electron chi connectivity index (χ3n) is 3.63. The number of nitrogens with one attached hydrogen (secondary N) is 1. The average Bonchev–Trinajstić information content (AvgIpc) is 2.18. The van der Waals surface area contributed by atoms with Gasteiger partial charge in [-0.2, -0.15) is 0 Å². The lowest BCUT2D eigenvalue weighted by Gasteiger charge is -2.40. The fraction of sp³-hybridized carbons (Fsp3) is 0.846. The Hall–Kier alpha value is -0.480. The highest BCUT2D eigenvalue weighted by molar-refractivity contribution is 4.97. The van der Waals surface area contributed by atoms with Crippen molar-refractivity contribution in [3.63, 3.8) is 0 Å². The summed E-state index contributed by atoms with van der Waals surface area (Å²) < 4.78 is 0. The molecule has 2 atom stereocenters. The van der Waals surface area contributed by atoms with Crippen molar-refractivity contribution in [2.75, 3.05) is 6.54 Å². The molecule has 0 spiro atoms. The zero-order valence-corrected chi connectivity index (χ0v) is 9.82. The molecule has 1 fully saturated rings. The highest BCUT2D eigenvalue weighted by Crippen LogP contribution is 2.32. The molecule has 0 radical (unpaired) electrons. The summed E-state index contributed by atoms with van der Waals surface area (Å²) in [5, 5.41) is 3.68. The third-order valence-corrected chi connectivity index (χ3v) is 3.63. The van der Waals surface area contributed by atoms with Gasteiger partial charge in [0.15, 0.2) is 0 Å². The predicted octanol–water partition coefficient (Wildman–Crippen LogP) is 2.96. The summed E-state index contributed by atoms with van der Waals surface area (Å²) in [6.45, 7) is 7.69. The molecule has 1 saturated carbocycles. The Balaban J connectivity index is 2.34. The minimum atomic E-state index is 0.369. The second-order valence-electron chi connectivity index (χ2n) is 4.67. The molecule has 1 rings (SSSR count). The van der Waals surface area contributed by atoms with E-state index in [0.717, 1.165) is 18.9 Å². The molecule has 14 heavy (non-hydrogen) atoms. The highest BCUT2D eigenvalue weighted by Gasteiger charge is 2.32. The van der Waals surface area contributed by atoms with Gasteiger partial charge in [-0.05, 0) is 32.6 Å². The largest absolute Gasteiger partial charge is 0.310 e. The summed E-state index contributed by atoms with van der Waals surface area (Å²) in [6, 6.07) is 0. The van der Waals surface area contributed by atoms with Gasteiger partial charge in [0.25, 0.3) is 0 Å². The normalized spacial score (nSPS) is 32.1. The van der Waals surface area contributed by atoms with E-state index >= 15 is 0 Å². The summed E-state index contributed by atoms with van der Waals surface area (Å²) in [5.74, 6) is 6.86. The van der Waals surface area contributed by atoms with Crippen LogP contribution in [0, 0.1) is 17.8 Å². The quantitative estimate of drug-likeness (QED) is 0.537. The zero-order chi connectivity index (χ0) is 10.4. The maximum absolute atomic E-state index is 3.68. The first kappa shape index (κ1) is 11.6. The fourth-order valence-corrected chi connectivity index (χ4v) is 2.31. The number of hydrogen-bond donors (Lipinski definition) is 1. The Kier molecular flexibility index (Phi) is 4.48. The molecule has 2 unspecified atom stereocenters. The molecule has 0 saturated heterocycles. The maximum atomic E-state index is 3.68. The Labute approximate surface area is 88.7 Å². The minimum Gasteiger partial charge on any atom is -0.310 e. The van der Waals surface area contributed by atoms with Crippen molar-refractivity contribution < 1.29 is 0 Å². The lowest BCUT2D eigenvalue weighted by atomic mass is 9.75. The lowest BCUT2D eigenvalue weighted by Crippen LogP contribution is -2.49. The summed E-state index contributed by atoms with van der Waals surface area (Å²) in [6.07, 6.45) is 6.48. The Morgan fingerprint density at radius 1 is 1.43 bits per heavy atom. The van der Waals surface area contributed by atoms with E-state index in [1.807, 2.05) is 6.92 Å². The van der Waals surface area contributed by atoms with E-state index in [-0.39, 0.29) is 0 Å². The molecular formula is C13H23N. The highest BCUT2D eigenvalue weighted by atomic mass is 15.0. The molecule has 0 aliphatic heterocycles. The molecule has 80 valence electrons. The van der Waals surface area contributed by atoms with Crippen molar-refractivity contribution in [3.8, 4) is 11.8 Å². The fourth-order valence-electron chi connectivity index (χ4n) is 2.31. The first-order chi connectivity index (χ1) is 6.69. The van der Waals surface area contributed by atoms with Gasteiger partial charge >= 0.3 is 0 Å². The van der Waals surface area contributed by atoms with Crippen molar-refractivity contribution in [1.29, 1.82) is 0 Å². The SMILES string of the molecule is CC#CCCNC1(C)CCCCC1C. The van der Waals surface area contributed by atoms with E-state index in [1.165, 1.54) is 25.7 Å². The van der Waals surface area contributed by atoms with Crippen LogP contribution in [0.5, 0.6) is 0 Å². The number of hydrogen-bond acceptors (Lipinski definition) is 1. The second kappa shape index (κ2) is 5.41. The molecule has 1 N–H and O–H groups in total. The molecule has 0 amide bonds. The van der Waals surface area contributed by atoms with E-state index in [4.69, 9.17) is 0 Å². The summed E-state index contributed by atoms with van der Waals surface area (Å²) in [5.41, 5.74) is 0.369. The predicted molar refractivity (Wildman–Crippen MR) is 62.1 cm³/mol. The topological polar surface area (TPSA) is 12.0 Å². The van der Waals surface area contributed by atoms with Crippen LogP contribution in [0.1, 0.15) is 52.9 Å². The monoisotopic (exact) mass is 193 g/mol. The Bertz CT molecular complexity index is 223. The van der Waals surface area contributed by atoms with Crippen LogP contribution in [0.4, 0.5) is 0 Å². The van der Waals surface area contributed by atoms with Gasteiger partial charge in [0.05, 0.1) is 0 Å². The van der Waals surface area contributed by atoms with Gasteiger partial charge in [0.1, 0.15) is 0 Å². The van der Waals surface area contributed by atoms with Crippen LogP contribution in [0.25, 0.3) is 0 Å². The van der Waals surface area contributed by atoms with Gasteiger partial charge in [-0.15, -0.1) is 11.8 Å². The van der Waals surface area contributed by atoms with Crippen LogP contribution in [0.15, 0.2) is 0 Å². The molecule has 0 bridgehead atoms. The standard InChI is InChI=1S/C13H23N/c1-4-5-8-11-14-13(3)10-7-6-9-12(13)2/h12,14H,6-11H2,1-3H3. The molecule has 1 heteroatoms. The molecule has 0 aromatic rings. The second-order valence-corrected chi connectivity index (χ2v) is 4.67. The van der Waals surface area contributed by atoms with Crippen LogP contribution < -0.4 is 5.32 Å². The van der Waals surface area contributed by atoms with Crippen molar-refractivity contribution in [3.05, 3.63) is 0 Å². The molecule has 0 aromatic carbocycles. The van der Waals surface area contributed by atoms with Crippen molar-refractivity contribution in [1.82, 2.24) is 5.32 Å². The first-order valence-electron chi connectivity index (χ1n) is 5.83.